The van der Waals surface area contributed by atoms with E-state index in [0.29, 0.717) is 12.6 Å². The van der Waals surface area contributed by atoms with E-state index in [0.717, 1.165) is 29.2 Å². The lowest BCUT2D eigenvalue weighted by Crippen LogP contribution is -2.41. The summed E-state index contributed by atoms with van der Waals surface area (Å²) < 4.78 is 6.79. The van der Waals surface area contributed by atoms with Crippen molar-refractivity contribution in [2.24, 2.45) is 11.7 Å². The molecule has 0 radical (unpaired) electrons. The second-order valence-corrected chi connectivity index (χ2v) is 5.84. The molecule has 0 aliphatic heterocycles. The van der Waals surface area contributed by atoms with Crippen molar-refractivity contribution in [3.05, 3.63) is 28.7 Å². The predicted octanol–water partition coefficient (Wildman–Crippen LogP) is 2.92. The fourth-order valence-corrected chi connectivity index (χ4v) is 2.62. The van der Waals surface area contributed by atoms with Gasteiger partial charge >= 0.3 is 0 Å². The molecule has 2 rings (SSSR count). The van der Waals surface area contributed by atoms with E-state index in [4.69, 9.17) is 10.5 Å². The predicted molar refractivity (Wildman–Crippen MR) is 85.1 cm³/mol. The monoisotopic (exact) mass is 348 g/mol. The van der Waals surface area contributed by atoms with Crippen LogP contribution < -0.4 is 10.5 Å². The van der Waals surface area contributed by atoms with Gasteiger partial charge in [0.15, 0.2) is 0 Å². The first-order valence-electron chi connectivity index (χ1n) is 6.49. The van der Waals surface area contributed by atoms with Crippen LogP contribution in [0.2, 0.25) is 0 Å². The average molecular weight is 350 g/mol. The van der Waals surface area contributed by atoms with Crippen molar-refractivity contribution in [1.82, 2.24) is 4.90 Å². The van der Waals surface area contributed by atoms with Gasteiger partial charge in [0.05, 0.1) is 0 Å². The number of hydrogen-bond donors (Lipinski definition) is 1. The quantitative estimate of drug-likeness (QED) is 0.822. The smallest absolute Gasteiger partial charge is 0.120 e. The highest BCUT2D eigenvalue weighted by molar-refractivity contribution is 9.10. The Morgan fingerprint density at radius 3 is 2.79 bits per heavy atom. The van der Waals surface area contributed by atoms with Crippen LogP contribution in [0.4, 0.5) is 0 Å². The molecule has 1 aliphatic rings. The van der Waals surface area contributed by atoms with Crippen LogP contribution in [0, 0.1) is 5.92 Å². The van der Waals surface area contributed by atoms with Gasteiger partial charge in [0.1, 0.15) is 12.4 Å². The van der Waals surface area contributed by atoms with Crippen molar-refractivity contribution in [3.8, 4) is 5.75 Å². The van der Waals surface area contributed by atoms with Crippen LogP contribution in [0.5, 0.6) is 5.75 Å². The molecule has 19 heavy (non-hydrogen) atoms. The van der Waals surface area contributed by atoms with E-state index >= 15 is 0 Å². The van der Waals surface area contributed by atoms with Gasteiger partial charge in [-0.1, -0.05) is 22.0 Å². The molecule has 0 amide bonds. The molecule has 0 saturated heterocycles. The molecule has 0 spiro atoms. The highest BCUT2D eigenvalue weighted by Crippen LogP contribution is 2.34. The van der Waals surface area contributed by atoms with Gasteiger partial charge in [-0.05, 0) is 44.0 Å². The highest BCUT2D eigenvalue weighted by Gasteiger charge is 2.32. The van der Waals surface area contributed by atoms with Crippen LogP contribution >= 0.6 is 28.3 Å². The number of ether oxygens (including phenoxy) is 1. The third-order valence-electron chi connectivity index (χ3n) is 3.48. The molecular formula is C14H22BrClN2O. The zero-order chi connectivity index (χ0) is 13.0. The van der Waals surface area contributed by atoms with Gasteiger partial charge in [0.2, 0.25) is 0 Å². The second kappa shape index (κ2) is 8.10. The maximum Gasteiger partial charge on any atom is 0.120 e. The summed E-state index contributed by atoms with van der Waals surface area (Å²) in [4.78, 5) is 2.33. The number of hydrogen-bond acceptors (Lipinski definition) is 3. The Kier molecular flexibility index (Phi) is 7.15. The maximum absolute atomic E-state index is 5.83. The summed E-state index contributed by atoms with van der Waals surface area (Å²) in [7, 11) is 2.14. The van der Waals surface area contributed by atoms with Gasteiger partial charge in [0, 0.05) is 23.6 Å². The molecular weight excluding hydrogens is 328 g/mol. The summed E-state index contributed by atoms with van der Waals surface area (Å²) in [6, 6.07) is 8.47. The minimum Gasteiger partial charge on any atom is -0.492 e. The molecule has 0 heterocycles. The van der Waals surface area contributed by atoms with E-state index in [9.17, 15) is 0 Å². The summed E-state index contributed by atoms with van der Waals surface area (Å²) in [6.07, 6.45) is 2.66. The molecule has 3 nitrogen and oxygen atoms in total. The SMILES string of the molecule is CN(CCOc1cccc(Br)c1)C(CN)C1CC1.Cl. The minimum atomic E-state index is 0. The van der Waals surface area contributed by atoms with Gasteiger partial charge in [-0.25, -0.2) is 0 Å². The van der Waals surface area contributed by atoms with Crippen LogP contribution in [0.25, 0.3) is 0 Å². The first kappa shape index (κ1) is 16.8. The number of nitrogens with zero attached hydrogens (tertiary/aromatic N) is 1. The number of nitrogens with two attached hydrogens (primary N) is 1. The van der Waals surface area contributed by atoms with Crippen LogP contribution in [0.15, 0.2) is 28.7 Å². The average Bonchev–Trinajstić information content (AvgIpc) is 3.14. The first-order valence-corrected chi connectivity index (χ1v) is 7.28. The van der Waals surface area contributed by atoms with E-state index in [2.05, 4.69) is 27.9 Å². The van der Waals surface area contributed by atoms with Crippen molar-refractivity contribution < 1.29 is 4.74 Å². The van der Waals surface area contributed by atoms with Crippen molar-refractivity contribution in [2.75, 3.05) is 26.7 Å². The van der Waals surface area contributed by atoms with Gasteiger partial charge in [0.25, 0.3) is 0 Å². The molecule has 0 aromatic heterocycles. The lowest BCUT2D eigenvalue weighted by molar-refractivity contribution is 0.180. The molecule has 1 saturated carbocycles. The zero-order valence-corrected chi connectivity index (χ0v) is 13.6. The molecule has 108 valence electrons. The van der Waals surface area contributed by atoms with E-state index < -0.39 is 0 Å². The van der Waals surface area contributed by atoms with Gasteiger partial charge < -0.3 is 10.5 Å². The van der Waals surface area contributed by atoms with Gasteiger partial charge in [-0.15, -0.1) is 12.4 Å². The molecule has 1 aliphatic carbocycles. The molecule has 0 bridgehead atoms. The van der Waals surface area contributed by atoms with E-state index in [1.54, 1.807) is 0 Å². The fourth-order valence-electron chi connectivity index (χ4n) is 2.24. The fraction of sp³-hybridized carbons (Fsp3) is 0.571. The van der Waals surface area contributed by atoms with Crippen molar-refractivity contribution >= 4 is 28.3 Å². The van der Waals surface area contributed by atoms with Crippen molar-refractivity contribution in [2.45, 2.75) is 18.9 Å². The van der Waals surface area contributed by atoms with Gasteiger partial charge in [-0.3, -0.25) is 4.90 Å². The first-order chi connectivity index (χ1) is 8.70. The Morgan fingerprint density at radius 1 is 1.47 bits per heavy atom. The summed E-state index contributed by atoms with van der Waals surface area (Å²) in [5.74, 6) is 1.72. The van der Waals surface area contributed by atoms with Crippen LogP contribution in [-0.4, -0.2) is 37.7 Å². The normalized spacial score (nSPS) is 16.0. The molecule has 1 atom stereocenters. The zero-order valence-electron chi connectivity index (χ0n) is 11.2. The Balaban J connectivity index is 0.00000180. The van der Waals surface area contributed by atoms with Gasteiger partial charge in [-0.2, -0.15) is 0 Å². The highest BCUT2D eigenvalue weighted by atomic mass is 79.9. The van der Waals surface area contributed by atoms with Crippen molar-refractivity contribution in [3.63, 3.8) is 0 Å². The van der Waals surface area contributed by atoms with Crippen molar-refractivity contribution in [1.29, 1.82) is 0 Å². The van der Waals surface area contributed by atoms with E-state index in [1.807, 2.05) is 24.3 Å². The number of likely N-dealkylation sites (N-methyl/N-ethyl adjacent to an activating group) is 1. The topological polar surface area (TPSA) is 38.5 Å². The molecule has 1 fully saturated rings. The van der Waals surface area contributed by atoms with E-state index in [-0.39, 0.29) is 12.4 Å². The number of benzene rings is 1. The Bertz CT molecular complexity index is 387. The number of halogens is 2. The largest absolute Gasteiger partial charge is 0.492 e. The summed E-state index contributed by atoms with van der Waals surface area (Å²) in [5.41, 5.74) is 5.83. The standard InChI is InChI=1S/C14H21BrN2O.ClH/c1-17(14(10-16)11-5-6-11)7-8-18-13-4-2-3-12(15)9-13;/h2-4,9,11,14H,5-8,10,16H2,1H3;1H. The Labute approximate surface area is 130 Å². The lowest BCUT2D eigenvalue weighted by Gasteiger charge is -2.26. The molecule has 5 heteroatoms. The lowest BCUT2D eigenvalue weighted by atomic mass is 10.1. The minimum absolute atomic E-state index is 0. The van der Waals surface area contributed by atoms with Crippen LogP contribution in [-0.2, 0) is 0 Å². The van der Waals surface area contributed by atoms with E-state index in [1.165, 1.54) is 12.8 Å². The molecule has 2 N–H and O–H groups in total. The second-order valence-electron chi connectivity index (χ2n) is 4.93. The molecule has 1 aromatic carbocycles. The Hall–Kier alpha value is -0.290. The number of rotatable bonds is 7. The maximum atomic E-state index is 5.83. The third-order valence-corrected chi connectivity index (χ3v) is 3.98. The third kappa shape index (κ3) is 5.30. The van der Waals surface area contributed by atoms with Crippen LogP contribution in [0.1, 0.15) is 12.8 Å². The van der Waals surface area contributed by atoms with Crippen LogP contribution in [0.3, 0.4) is 0 Å². The molecule has 1 aromatic rings. The summed E-state index contributed by atoms with van der Waals surface area (Å²) in [6.45, 7) is 2.37. The summed E-state index contributed by atoms with van der Waals surface area (Å²) >= 11 is 3.44. The molecule has 1 unspecified atom stereocenters. The Morgan fingerprint density at radius 2 is 2.21 bits per heavy atom. The summed E-state index contributed by atoms with van der Waals surface area (Å²) in [5, 5.41) is 0.